The summed E-state index contributed by atoms with van der Waals surface area (Å²) >= 11 is 0. The topological polar surface area (TPSA) is 47.6 Å². The molecule has 2 aliphatic rings. The SMILES string of the molecule is C[C@@H]1CN(C2NCCCC2C(F)(F)F)CCN1C(=O)Nc1ccc(C(F)(F)F)cc1. The summed E-state index contributed by atoms with van der Waals surface area (Å²) in [6.45, 7) is 3.01. The summed E-state index contributed by atoms with van der Waals surface area (Å²) in [5.74, 6) is -1.45. The van der Waals surface area contributed by atoms with E-state index in [0.29, 0.717) is 13.0 Å². The van der Waals surface area contributed by atoms with Gasteiger partial charge in [-0.05, 0) is 50.6 Å². The molecule has 0 saturated carbocycles. The molecular formula is C19H24F6N4O. The Hall–Kier alpha value is -2.01. The highest BCUT2D eigenvalue weighted by Gasteiger charge is 2.48. The normalized spacial score (nSPS) is 26.5. The van der Waals surface area contributed by atoms with E-state index in [1.807, 2.05) is 0 Å². The van der Waals surface area contributed by atoms with E-state index < -0.39 is 36.0 Å². The molecule has 2 aliphatic heterocycles. The summed E-state index contributed by atoms with van der Waals surface area (Å²) in [5, 5.41) is 5.52. The monoisotopic (exact) mass is 438 g/mol. The van der Waals surface area contributed by atoms with Gasteiger partial charge in [0.25, 0.3) is 0 Å². The van der Waals surface area contributed by atoms with Crippen LogP contribution in [-0.2, 0) is 6.18 Å². The first-order chi connectivity index (χ1) is 14.0. The molecular weight excluding hydrogens is 414 g/mol. The molecule has 11 heteroatoms. The second kappa shape index (κ2) is 8.62. The van der Waals surface area contributed by atoms with E-state index in [1.165, 1.54) is 17.0 Å². The van der Waals surface area contributed by atoms with Crippen LogP contribution in [0.4, 0.5) is 36.8 Å². The fourth-order valence-electron chi connectivity index (χ4n) is 4.08. The summed E-state index contributed by atoms with van der Waals surface area (Å²) in [6.07, 6.45) is -9.04. The highest BCUT2D eigenvalue weighted by Crippen LogP contribution is 2.36. The minimum atomic E-state index is -4.46. The quantitative estimate of drug-likeness (QED) is 0.683. The second-order valence-electron chi connectivity index (χ2n) is 7.73. The van der Waals surface area contributed by atoms with Crippen LogP contribution in [0.2, 0.25) is 0 Å². The van der Waals surface area contributed by atoms with Crippen molar-refractivity contribution >= 4 is 11.7 Å². The number of carbonyl (C=O) groups is 1. The van der Waals surface area contributed by atoms with E-state index in [-0.39, 0.29) is 37.8 Å². The highest BCUT2D eigenvalue weighted by atomic mass is 19.4. The standard InChI is InChI=1S/C19H24F6N4O/c1-12-11-28(16-15(19(23,24)25)3-2-8-26-16)9-10-29(12)17(30)27-14-6-4-13(5-7-14)18(20,21)22/h4-7,12,15-16,26H,2-3,8-11H2,1H3,(H,27,30)/t12-,15?,16?/m1/s1. The number of amides is 2. The largest absolute Gasteiger partial charge is 0.416 e. The molecule has 0 aromatic heterocycles. The zero-order chi connectivity index (χ0) is 22.1. The molecule has 1 aromatic rings. The average Bonchev–Trinajstić information content (AvgIpc) is 2.67. The van der Waals surface area contributed by atoms with Gasteiger partial charge in [0.2, 0.25) is 0 Å². The third kappa shape index (κ3) is 5.18. The molecule has 2 amide bonds. The van der Waals surface area contributed by atoms with Gasteiger partial charge in [-0.3, -0.25) is 4.90 Å². The fraction of sp³-hybridized carbons (Fsp3) is 0.632. The Balaban J connectivity index is 1.60. The first-order valence-corrected chi connectivity index (χ1v) is 9.76. The number of piperidine rings is 1. The fourth-order valence-corrected chi connectivity index (χ4v) is 4.08. The van der Waals surface area contributed by atoms with E-state index >= 15 is 0 Å². The van der Waals surface area contributed by atoms with Gasteiger partial charge >= 0.3 is 18.4 Å². The molecule has 2 saturated heterocycles. The Morgan fingerprint density at radius 1 is 1.10 bits per heavy atom. The van der Waals surface area contributed by atoms with Gasteiger partial charge in [-0.1, -0.05) is 0 Å². The van der Waals surface area contributed by atoms with Gasteiger partial charge < -0.3 is 15.5 Å². The van der Waals surface area contributed by atoms with E-state index in [1.54, 1.807) is 11.8 Å². The van der Waals surface area contributed by atoms with Crippen molar-refractivity contribution in [3.05, 3.63) is 29.8 Å². The van der Waals surface area contributed by atoms with E-state index in [0.717, 1.165) is 12.1 Å². The van der Waals surface area contributed by atoms with E-state index in [4.69, 9.17) is 0 Å². The van der Waals surface area contributed by atoms with Crippen molar-refractivity contribution in [3.8, 4) is 0 Å². The Morgan fingerprint density at radius 2 is 1.77 bits per heavy atom. The number of anilines is 1. The third-order valence-electron chi connectivity index (χ3n) is 5.62. The van der Waals surface area contributed by atoms with Crippen molar-refractivity contribution in [2.45, 2.75) is 44.3 Å². The Morgan fingerprint density at radius 3 is 2.33 bits per heavy atom. The number of nitrogens with one attached hydrogen (secondary N) is 2. The maximum atomic E-state index is 13.4. The minimum absolute atomic E-state index is 0.0736. The molecule has 0 radical (unpaired) electrons. The Labute approximate surface area is 170 Å². The van der Waals surface area contributed by atoms with E-state index in [9.17, 15) is 31.1 Å². The average molecular weight is 438 g/mol. The van der Waals surface area contributed by atoms with Crippen LogP contribution >= 0.6 is 0 Å². The minimum Gasteiger partial charge on any atom is -0.319 e. The van der Waals surface area contributed by atoms with Crippen LogP contribution in [0.25, 0.3) is 0 Å². The maximum absolute atomic E-state index is 13.4. The molecule has 168 valence electrons. The summed E-state index contributed by atoms with van der Waals surface area (Å²) in [6, 6.07) is 3.24. The number of halogens is 6. The number of hydrogen-bond acceptors (Lipinski definition) is 3. The predicted molar refractivity (Wildman–Crippen MR) is 98.8 cm³/mol. The van der Waals surface area contributed by atoms with Gasteiger partial charge in [-0.2, -0.15) is 26.3 Å². The second-order valence-corrected chi connectivity index (χ2v) is 7.73. The summed E-state index contributed by atoms with van der Waals surface area (Å²) < 4.78 is 78.1. The van der Waals surface area contributed by atoms with Crippen LogP contribution in [-0.4, -0.2) is 60.4 Å². The number of piperazine rings is 1. The number of benzene rings is 1. The summed E-state index contributed by atoms with van der Waals surface area (Å²) in [4.78, 5) is 15.8. The predicted octanol–water partition coefficient (Wildman–Crippen LogP) is 4.13. The van der Waals surface area contributed by atoms with Crippen LogP contribution in [0.15, 0.2) is 24.3 Å². The lowest BCUT2D eigenvalue weighted by Gasteiger charge is -2.47. The van der Waals surface area contributed by atoms with Crippen molar-refractivity contribution in [2.24, 2.45) is 5.92 Å². The van der Waals surface area contributed by atoms with Gasteiger partial charge in [-0.25, -0.2) is 4.79 Å². The third-order valence-corrected chi connectivity index (χ3v) is 5.62. The smallest absolute Gasteiger partial charge is 0.319 e. The number of hydrogen-bond donors (Lipinski definition) is 2. The van der Waals surface area contributed by atoms with Crippen LogP contribution in [0.3, 0.4) is 0 Å². The number of rotatable bonds is 2. The zero-order valence-corrected chi connectivity index (χ0v) is 16.4. The molecule has 2 unspecified atom stereocenters. The first-order valence-electron chi connectivity index (χ1n) is 9.76. The van der Waals surface area contributed by atoms with Gasteiger partial charge in [0.1, 0.15) is 0 Å². The van der Waals surface area contributed by atoms with Crippen LogP contribution < -0.4 is 10.6 Å². The molecule has 3 rings (SSSR count). The van der Waals surface area contributed by atoms with Gasteiger partial charge in [0.05, 0.1) is 17.6 Å². The molecule has 2 heterocycles. The molecule has 1 aromatic carbocycles. The molecule has 2 fully saturated rings. The summed E-state index contributed by atoms with van der Waals surface area (Å²) in [7, 11) is 0. The van der Waals surface area contributed by atoms with Gasteiger partial charge in [0.15, 0.2) is 0 Å². The molecule has 0 bridgehead atoms. The molecule has 5 nitrogen and oxygen atoms in total. The lowest BCUT2D eigenvalue weighted by Crippen LogP contribution is -2.64. The molecule has 30 heavy (non-hydrogen) atoms. The Kier molecular flexibility index (Phi) is 6.51. The summed E-state index contributed by atoms with van der Waals surface area (Å²) in [5.41, 5.74) is -0.601. The molecule has 0 spiro atoms. The number of nitrogens with zero attached hydrogens (tertiary/aromatic N) is 2. The van der Waals surface area contributed by atoms with Crippen LogP contribution in [0.1, 0.15) is 25.3 Å². The highest BCUT2D eigenvalue weighted by molar-refractivity contribution is 5.89. The zero-order valence-electron chi connectivity index (χ0n) is 16.4. The lowest BCUT2D eigenvalue weighted by atomic mass is 9.93. The lowest BCUT2D eigenvalue weighted by molar-refractivity contribution is -0.204. The maximum Gasteiger partial charge on any atom is 0.416 e. The van der Waals surface area contributed by atoms with Gasteiger partial charge in [-0.15, -0.1) is 0 Å². The van der Waals surface area contributed by atoms with Gasteiger partial charge in [0, 0.05) is 31.4 Å². The van der Waals surface area contributed by atoms with Crippen molar-refractivity contribution in [1.82, 2.24) is 15.1 Å². The number of carbonyl (C=O) groups excluding carboxylic acids is 1. The number of urea groups is 1. The Bertz CT molecular complexity index is 736. The van der Waals surface area contributed by atoms with Crippen molar-refractivity contribution in [2.75, 3.05) is 31.5 Å². The molecule has 3 atom stereocenters. The van der Waals surface area contributed by atoms with Crippen molar-refractivity contribution < 1.29 is 31.1 Å². The van der Waals surface area contributed by atoms with Crippen molar-refractivity contribution in [1.29, 1.82) is 0 Å². The van der Waals surface area contributed by atoms with E-state index in [2.05, 4.69) is 10.6 Å². The number of alkyl halides is 6. The first kappa shape index (κ1) is 22.7. The van der Waals surface area contributed by atoms with Crippen molar-refractivity contribution in [3.63, 3.8) is 0 Å². The molecule has 2 N–H and O–H groups in total. The molecule has 0 aliphatic carbocycles. The van der Waals surface area contributed by atoms with Crippen LogP contribution in [0.5, 0.6) is 0 Å². The van der Waals surface area contributed by atoms with Crippen LogP contribution in [0, 0.1) is 5.92 Å².